The Morgan fingerprint density at radius 3 is 2.68 bits per heavy atom. The molecule has 3 heterocycles. The molecule has 1 aromatic rings. The number of aliphatic imine (C=N–C) groups is 1. The summed E-state index contributed by atoms with van der Waals surface area (Å²) in [7, 11) is 4.17. The van der Waals surface area contributed by atoms with E-state index in [1.165, 1.54) is 63.2 Å². The van der Waals surface area contributed by atoms with Crippen LogP contribution in [-0.2, 0) is 0 Å². The molecule has 0 aromatic carbocycles. The zero-order valence-electron chi connectivity index (χ0n) is 17.7. The Kier molecular flexibility index (Phi) is 10.5. The summed E-state index contributed by atoms with van der Waals surface area (Å²) in [5.41, 5.74) is 0. The SMILES string of the molecule is CCCN1CCC(NC(=NC)NCC2CCCN(C)C2c2cccs2)CC1.I. The van der Waals surface area contributed by atoms with Crippen LogP contribution in [0.1, 0.15) is 49.9 Å². The van der Waals surface area contributed by atoms with Crippen molar-refractivity contribution in [2.24, 2.45) is 10.9 Å². The smallest absolute Gasteiger partial charge is 0.191 e. The lowest BCUT2D eigenvalue weighted by Crippen LogP contribution is -2.50. The molecule has 2 saturated heterocycles. The second-order valence-electron chi connectivity index (χ2n) is 8.06. The van der Waals surface area contributed by atoms with Gasteiger partial charge in [0, 0.05) is 43.6 Å². The van der Waals surface area contributed by atoms with Gasteiger partial charge in [-0.05, 0) is 69.6 Å². The molecule has 7 heteroatoms. The van der Waals surface area contributed by atoms with Gasteiger partial charge in [0.25, 0.3) is 0 Å². The van der Waals surface area contributed by atoms with Gasteiger partial charge in [0.05, 0.1) is 0 Å². The van der Waals surface area contributed by atoms with Crippen molar-refractivity contribution >= 4 is 41.3 Å². The molecule has 2 aliphatic heterocycles. The van der Waals surface area contributed by atoms with Crippen molar-refractivity contribution in [3.05, 3.63) is 22.4 Å². The van der Waals surface area contributed by atoms with Crippen molar-refractivity contribution in [2.75, 3.05) is 46.8 Å². The highest BCUT2D eigenvalue weighted by Crippen LogP contribution is 2.36. The Bertz CT molecular complexity index is 571. The quantitative estimate of drug-likeness (QED) is 0.341. The molecule has 0 amide bonds. The fraction of sp³-hybridized carbons (Fsp3) is 0.762. The van der Waals surface area contributed by atoms with Crippen LogP contribution in [0.2, 0.25) is 0 Å². The first-order valence-corrected chi connectivity index (χ1v) is 11.5. The molecule has 0 saturated carbocycles. The van der Waals surface area contributed by atoms with Gasteiger partial charge in [-0.3, -0.25) is 9.89 Å². The maximum absolute atomic E-state index is 4.50. The van der Waals surface area contributed by atoms with E-state index in [2.05, 4.69) is 56.9 Å². The Balaban J connectivity index is 0.00000280. The highest BCUT2D eigenvalue weighted by molar-refractivity contribution is 14.0. The number of rotatable bonds is 6. The molecular weight excluding hydrogens is 481 g/mol. The summed E-state index contributed by atoms with van der Waals surface area (Å²) in [5, 5.41) is 9.51. The Labute approximate surface area is 192 Å². The summed E-state index contributed by atoms with van der Waals surface area (Å²) >= 11 is 1.89. The fourth-order valence-electron chi connectivity index (χ4n) is 4.62. The molecule has 160 valence electrons. The van der Waals surface area contributed by atoms with E-state index in [1.54, 1.807) is 0 Å². The molecule has 5 nitrogen and oxygen atoms in total. The summed E-state index contributed by atoms with van der Waals surface area (Å²) in [6, 6.07) is 5.55. The lowest BCUT2D eigenvalue weighted by atomic mass is 9.88. The fourth-order valence-corrected chi connectivity index (χ4v) is 5.60. The van der Waals surface area contributed by atoms with Gasteiger partial charge in [-0.1, -0.05) is 13.0 Å². The predicted molar refractivity (Wildman–Crippen MR) is 132 cm³/mol. The van der Waals surface area contributed by atoms with Gasteiger partial charge >= 0.3 is 0 Å². The highest BCUT2D eigenvalue weighted by atomic mass is 127. The zero-order chi connectivity index (χ0) is 19.1. The summed E-state index contributed by atoms with van der Waals surface area (Å²) < 4.78 is 0. The van der Waals surface area contributed by atoms with Crippen LogP contribution in [0.15, 0.2) is 22.5 Å². The maximum Gasteiger partial charge on any atom is 0.191 e. The van der Waals surface area contributed by atoms with Gasteiger partial charge in [-0.2, -0.15) is 0 Å². The third-order valence-corrected chi connectivity index (χ3v) is 7.01. The molecule has 2 fully saturated rings. The van der Waals surface area contributed by atoms with Crippen molar-refractivity contribution in [2.45, 2.75) is 51.1 Å². The van der Waals surface area contributed by atoms with Crippen molar-refractivity contribution in [1.82, 2.24) is 20.4 Å². The number of nitrogens with zero attached hydrogens (tertiary/aromatic N) is 3. The van der Waals surface area contributed by atoms with Crippen LogP contribution >= 0.6 is 35.3 Å². The Morgan fingerprint density at radius 2 is 2.04 bits per heavy atom. The van der Waals surface area contributed by atoms with Crippen LogP contribution in [0.4, 0.5) is 0 Å². The van der Waals surface area contributed by atoms with Gasteiger partial charge < -0.3 is 15.5 Å². The lowest BCUT2D eigenvalue weighted by molar-refractivity contribution is 0.125. The van der Waals surface area contributed by atoms with Crippen LogP contribution in [0, 0.1) is 5.92 Å². The molecule has 2 aliphatic rings. The molecule has 28 heavy (non-hydrogen) atoms. The largest absolute Gasteiger partial charge is 0.356 e. The minimum atomic E-state index is 0. The number of piperidine rings is 2. The first-order chi connectivity index (χ1) is 13.2. The first kappa shape index (κ1) is 23.9. The number of thiophene rings is 1. The zero-order valence-corrected chi connectivity index (χ0v) is 20.8. The molecule has 3 rings (SSSR count). The van der Waals surface area contributed by atoms with Crippen LogP contribution in [0.5, 0.6) is 0 Å². The van der Waals surface area contributed by atoms with Crippen LogP contribution < -0.4 is 10.6 Å². The van der Waals surface area contributed by atoms with Gasteiger partial charge in [-0.15, -0.1) is 35.3 Å². The predicted octanol–water partition coefficient (Wildman–Crippen LogP) is 3.79. The normalized spacial score (nSPS) is 25.3. The summed E-state index contributed by atoms with van der Waals surface area (Å²) in [4.78, 5) is 11.1. The van der Waals surface area contributed by atoms with E-state index in [-0.39, 0.29) is 24.0 Å². The van der Waals surface area contributed by atoms with Gasteiger partial charge in [0.15, 0.2) is 5.96 Å². The summed E-state index contributed by atoms with van der Waals surface area (Å²) in [6.45, 7) is 8.09. The van der Waals surface area contributed by atoms with E-state index in [9.17, 15) is 0 Å². The van der Waals surface area contributed by atoms with Crippen molar-refractivity contribution in [3.8, 4) is 0 Å². The summed E-state index contributed by atoms with van der Waals surface area (Å²) in [6.07, 6.45) is 6.25. The second kappa shape index (κ2) is 12.3. The third-order valence-electron chi connectivity index (χ3n) is 6.07. The molecule has 0 aliphatic carbocycles. The summed E-state index contributed by atoms with van der Waals surface area (Å²) in [5.74, 6) is 1.61. The lowest BCUT2D eigenvalue weighted by Gasteiger charge is -2.39. The average Bonchev–Trinajstić information content (AvgIpc) is 3.21. The minimum absolute atomic E-state index is 0. The third kappa shape index (κ3) is 6.57. The van der Waals surface area contributed by atoms with E-state index in [1.807, 2.05) is 18.4 Å². The van der Waals surface area contributed by atoms with Crippen LogP contribution in [0.25, 0.3) is 0 Å². The van der Waals surface area contributed by atoms with E-state index in [0.29, 0.717) is 18.0 Å². The van der Waals surface area contributed by atoms with Crippen LogP contribution in [0.3, 0.4) is 0 Å². The van der Waals surface area contributed by atoms with Crippen molar-refractivity contribution < 1.29 is 0 Å². The van der Waals surface area contributed by atoms with Crippen molar-refractivity contribution in [3.63, 3.8) is 0 Å². The molecule has 0 bridgehead atoms. The number of nitrogens with one attached hydrogen (secondary N) is 2. The van der Waals surface area contributed by atoms with E-state index in [4.69, 9.17) is 0 Å². The average molecular weight is 520 g/mol. The number of hydrogen-bond acceptors (Lipinski definition) is 4. The molecule has 0 radical (unpaired) electrons. The van der Waals surface area contributed by atoms with E-state index >= 15 is 0 Å². The molecule has 2 N–H and O–H groups in total. The van der Waals surface area contributed by atoms with Gasteiger partial charge in [0.2, 0.25) is 0 Å². The number of hydrogen-bond donors (Lipinski definition) is 2. The van der Waals surface area contributed by atoms with Crippen LogP contribution in [-0.4, -0.2) is 68.6 Å². The maximum atomic E-state index is 4.50. The topological polar surface area (TPSA) is 42.9 Å². The number of likely N-dealkylation sites (tertiary alicyclic amines) is 2. The van der Waals surface area contributed by atoms with Gasteiger partial charge in [0.1, 0.15) is 0 Å². The highest BCUT2D eigenvalue weighted by Gasteiger charge is 2.31. The molecular formula is C21H38IN5S. The van der Waals surface area contributed by atoms with E-state index < -0.39 is 0 Å². The second-order valence-corrected chi connectivity index (χ2v) is 9.04. The van der Waals surface area contributed by atoms with Crippen molar-refractivity contribution in [1.29, 1.82) is 0 Å². The molecule has 2 unspecified atom stereocenters. The minimum Gasteiger partial charge on any atom is -0.356 e. The standard InChI is InChI=1S/C21H37N5S.HI/c1-4-11-26-13-9-18(10-14-26)24-21(22-2)23-16-17-7-5-12-25(3)20(17)19-8-6-15-27-19;/h6,8,15,17-18,20H,4-5,7,9-14,16H2,1-3H3,(H2,22,23,24);1H. The monoisotopic (exact) mass is 519 g/mol. The Hall–Kier alpha value is -0.380. The number of halogens is 1. The number of guanidine groups is 1. The molecule has 1 aromatic heterocycles. The first-order valence-electron chi connectivity index (χ1n) is 10.6. The molecule has 0 spiro atoms. The molecule has 2 atom stereocenters. The Morgan fingerprint density at radius 1 is 1.25 bits per heavy atom. The van der Waals surface area contributed by atoms with Gasteiger partial charge in [-0.25, -0.2) is 0 Å². The van der Waals surface area contributed by atoms with E-state index in [0.717, 1.165) is 12.5 Å².